The molecular formula is C28H31ClN4O3. The van der Waals surface area contributed by atoms with Gasteiger partial charge in [0.05, 0.1) is 31.4 Å². The molecule has 3 heterocycles. The fraction of sp³-hybridized carbons (Fsp3) is 0.393. The minimum absolute atomic E-state index is 0.103. The van der Waals surface area contributed by atoms with E-state index in [0.29, 0.717) is 23.9 Å². The standard InChI is InChI=1S/C28H31ClN4O3/c1-36-26-9-8-20(29)14-19(26)15-21(34)17-32-13-10-25-23(18-32)28(22-6-2-3-7-24(22)31-25)30-16-27(35)33-11-4-5-12-33/h2-3,6-9,14H,4-5,10-13,15-18H2,1H3,(H,30,31). The molecule has 5 rings (SSSR count). The number of hydrogen-bond donors (Lipinski definition) is 1. The quantitative estimate of drug-likeness (QED) is 0.496. The molecule has 1 saturated heterocycles. The number of likely N-dealkylation sites (tertiary alicyclic amines) is 1. The summed E-state index contributed by atoms with van der Waals surface area (Å²) in [4.78, 5) is 34.8. The Morgan fingerprint density at radius 1 is 1.11 bits per heavy atom. The SMILES string of the molecule is COc1ccc(Cl)cc1CC(=O)CN1CCc2nc3ccccc3c(NCC(=O)N3CCCC3)c2C1. The first kappa shape index (κ1) is 24.5. The number of benzene rings is 2. The van der Waals surface area contributed by atoms with E-state index in [1.807, 2.05) is 29.2 Å². The molecule has 0 bridgehead atoms. The molecule has 0 unspecified atom stereocenters. The zero-order valence-corrected chi connectivity index (χ0v) is 21.3. The maximum Gasteiger partial charge on any atom is 0.241 e. The van der Waals surface area contributed by atoms with Crippen molar-refractivity contribution < 1.29 is 14.3 Å². The Bertz CT molecular complexity index is 1290. The number of nitrogens with zero attached hydrogens (tertiary/aromatic N) is 3. The molecule has 2 aliphatic heterocycles. The second-order valence-electron chi connectivity index (χ2n) is 9.50. The number of halogens is 1. The average molecular weight is 507 g/mol. The van der Waals surface area contributed by atoms with E-state index >= 15 is 0 Å². The Balaban J connectivity index is 1.34. The van der Waals surface area contributed by atoms with Crippen molar-refractivity contribution in [3.63, 3.8) is 0 Å². The van der Waals surface area contributed by atoms with E-state index in [9.17, 15) is 9.59 Å². The number of anilines is 1. The fourth-order valence-electron chi connectivity index (χ4n) is 5.23. The van der Waals surface area contributed by atoms with Gasteiger partial charge in [-0.2, -0.15) is 0 Å². The fourth-order valence-corrected chi connectivity index (χ4v) is 5.42. The van der Waals surface area contributed by atoms with Crippen molar-refractivity contribution in [2.24, 2.45) is 0 Å². The molecule has 36 heavy (non-hydrogen) atoms. The largest absolute Gasteiger partial charge is 0.496 e. The number of rotatable bonds is 8. The number of Topliss-reactive ketones (excluding diaryl/α,β-unsaturated/α-hetero) is 1. The number of para-hydroxylation sites is 1. The molecule has 1 N–H and O–H groups in total. The van der Waals surface area contributed by atoms with Crippen LogP contribution in [0.2, 0.25) is 5.02 Å². The van der Waals surface area contributed by atoms with Crippen molar-refractivity contribution in [3.8, 4) is 5.75 Å². The lowest BCUT2D eigenvalue weighted by Gasteiger charge is -2.30. The lowest BCUT2D eigenvalue weighted by atomic mass is 9.99. The van der Waals surface area contributed by atoms with Crippen LogP contribution in [0.15, 0.2) is 42.5 Å². The van der Waals surface area contributed by atoms with Gasteiger partial charge < -0.3 is 15.0 Å². The van der Waals surface area contributed by atoms with Gasteiger partial charge in [0.25, 0.3) is 0 Å². The molecule has 8 heteroatoms. The summed E-state index contributed by atoms with van der Waals surface area (Å²) in [6, 6.07) is 13.4. The van der Waals surface area contributed by atoms with Crippen LogP contribution in [0, 0.1) is 0 Å². The van der Waals surface area contributed by atoms with Crippen LogP contribution in [-0.4, -0.2) is 66.3 Å². The number of aromatic nitrogens is 1. The van der Waals surface area contributed by atoms with Crippen molar-refractivity contribution in [2.45, 2.75) is 32.2 Å². The molecule has 188 valence electrons. The molecule has 2 aromatic carbocycles. The number of fused-ring (bicyclic) bond motifs is 2. The van der Waals surface area contributed by atoms with Crippen LogP contribution in [0.5, 0.6) is 5.75 Å². The van der Waals surface area contributed by atoms with E-state index in [1.165, 1.54) is 0 Å². The zero-order valence-electron chi connectivity index (χ0n) is 20.6. The number of amides is 1. The first-order chi connectivity index (χ1) is 17.5. The lowest BCUT2D eigenvalue weighted by molar-refractivity contribution is -0.128. The number of ketones is 1. The normalized spacial score (nSPS) is 15.7. The van der Waals surface area contributed by atoms with Gasteiger partial charge in [0.1, 0.15) is 5.75 Å². The highest BCUT2D eigenvalue weighted by Gasteiger charge is 2.25. The van der Waals surface area contributed by atoms with Crippen LogP contribution in [0.3, 0.4) is 0 Å². The van der Waals surface area contributed by atoms with Crippen LogP contribution in [-0.2, 0) is 29.0 Å². The number of carbonyl (C=O) groups excluding carboxylic acids is 2. The third-order valence-electron chi connectivity index (χ3n) is 7.03. The van der Waals surface area contributed by atoms with Crippen LogP contribution in [0.25, 0.3) is 10.9 Å². The molecule has 7 nitrogen and oxygen atoms in total. The Morgan fingerprint density at radius 3 is 2.72 bits per heavy atom. The average Bonchev–Trinajstić information content (AvgIpc) is 3.42. The third kappa shape index (κ3) is 5.32. The smallest absolute Gasteiger partial charge is 0.241 e. The second kappa shape index (κ2) is 10.8. The summed E-state index contributed by atoms with van der Waals surface area (Å²) in [6.45, 7) is 3.61. The molecule has 0 saturated carbocycles. The van der Waals surface area contributed by atoms with Crippen molar-refractivity contribution >= 4 is 39.9 Å². The van der Waals surface area contributed by atoms with Gasteiger partial charge >= 0.3 is 0 Å². The highest BCUT2D eigenvalue weighted by atomic mass is 35.5. The third-order valence-corrected chi connectivity index (χ3v) is 7.27. The van der Waals surface area contributed by atoms with Gasteiger partial charge in [-0.05, 0) is 37.1 Å². The Kier molecular flexibility index (Phi) is 7.39. The summed E-state index contributed by atoms with van der Waals surface area (Å²) in [7, 11) is 1.60. The van der Waals surface area contributed by atoms with E-state index in [-0.39, 0.29) is 24.7 Å². The van der Waals surface area contributed by atoms with Gasteiger partial charge in [0.15, 0.2) is 5.78 Å². The van der Waals surface area contributed by atoms with Gasteiger partial charge in [-0.25, -0.2) is 0 Å². The van der Waals surface area contributed by atoms with Crippen molar-refractivity contribution in [2.75, 3.05) is 45.2 Å². The molecule has 2 aliphatic rings. The highest BCUT2D eigenvalue weighted by molar-refractivity contribution is 6.30. The van der Waals surface area contributed by atoms with Gasteiger partial charge in [-0.3, -0.25) is 19.5 Å². The van der Waals surface area contributed by atoms with E-state index in [0.717, 1.165) is 72.3 Å². The summed E-state index contributed by atoms with van der Waals surface area (Å²) in [5.74, 6) is 0.897. The monoisotopic (exact) mass is 506 g/mol. The van der Waals surface area contributed by atoms with Gasteiger partial charge in [0.2, 0.25) is 5.91 Å². The van der Waals surface area contributed by atoms with E-state index in [2.05, 4.69) is 10.2 Å². The second-order valence-corrected chi connectivity index (χ2v) is 9.94. The molecule has 1 amide bonds. The molecule has 1 aromatic heterocycles. The molecule has 0 spiro atoms. The minimum atomic E-state index is 0.103. The lowest BCUT2D eigenvalue weighted by Crippen LogP contribution is -2.37. The zero-order chi connectivity index (χ0) is 25.1. The van der Waals surface area contributed by atoms with Crippen LogP contribution in [0.1, 0.15) is 29.7 Å². The Labute approximate surface area is 216 Å². The molecule has 1 fully saturated rings. The number of hydrogen-bond acceptors (Lipinski definition) is 6. The predicted molar refractivity (Wildman–Crippen MR) is 142 cm³/mol. The molecule has 0 aliphatic carbocycles. The number of carbonyl (C=O) groups is 2. The number of nitrogens with one attached hydrogen (secondary N) is 1. The topological polar surface area (TPSA) is 74.8 Å². The summed E-state index contributed by atoms with van der Waals surface area (Å²) < 4.78 is 5.41. The predicted octanol–water partition coefficient (Wildman–Crippen LogP) is 4.10. The van der Waals surface area contributed by atoms with Crippen LogP contribution in [0.4, 0.5) is 5.69 Å². The maximum absolute atomic E-state index is 13.0. The molecular weight excluding hydrogens is 476 g/mol. The maximum atomic E-state index is 13.0. The van der Waals surface area contributed by atoms with Gasteiger partial charge in [-0.15, -0.1) is 0 Å². The van der Waals surface area contributed by atoms with Crippen molar-refractivity contribution in [3.05, 3.63) is 64.3 Å². The van der Waals surface area contributed by atoms with Crippen molar-refractivity contribution in [1.29, 1.82) is 0 Å². The van der Waals surface area contributed by atoms with Gasteiger partial charge in [0, 0.05) is 66.3 Å². The molecule has 0 radical (unpaired) electrons. The summed E-state index contributed by atoms with van der Waals surface area (Å²) >= 11 is 6.15. The first-order valence-electron chi connectivity index (χ1n) is 12.5. The number of ether oxygens (including phenoxy) is 1. The highest BCUT2D eigenvalue weighted by Crippen LogP contribution is 2.32. The van der Waals surface area contributed by atoms with E-state index < -0.39 is 0 Å². The van der Waals surface area contributed by atoms with Gasteiger partial charge in [-0.1, -0.05) is 29.8 Å². The van der Waals surface area contributed by atoms with E-state index in [4.69, 9.17) is 21.3 Å². The number of methoxy groups -OCH3 is 1. The summed E-state index contributed by atoms with van der Waals surface area (Å²) in [5, 5.41) is 5.04. The Morgan fingerprint density at radius 2 is 1.92 bits per heavy atom. The summed E-state index contributed by atoms with van der Waals surface area (Å²) in [5.41, 5.74) is 4.77. The Hall–Kier alpha value is -3.16. The molecule has 3 aromatic rings. The van der Waals surface area contributed by atoms with Crippen LogP contribution < -0.4 is 10.1 Å². The molecule has 0 atom stereocenters. The minimum Gasteiger partial charge on any atom is -0.496 e. The number of pyridine rings is 1. The first-order valence-corrected chi connectivity index (χ1v) is 12.9. The van der Waals surface area contributed by atoms with Crippen LogP contribution >= 0.6 is 11.6 Å². The van der Waals surface area contributed by atoms with Crippen molar-refractivity contribution in [1.82, 2.24) is 14.8 Å². The van der Waals surface area contributed by atoms with E-state index in [1.54, 1.807) is 25.3 Å². The summed E-state index contributed by atoms with van der Waals surface area (Å²) in [6.07, 6.45) is 3.16.